The van der Waals surface area contributed by atoms with E-state index in [4.69, 9.17) is 4.74 Å². The van der Waals surface area contributed by atoms with Crippen LogP contribution in [0.4, 0.5) is 4.79 Å². The van der Waals surface area contributed by atoms with Crippen molar-refractivity contribution >= 4 is 6.09 Å². The fourth-order valence-electron chi connectivity index (χ4n) is 1.14. The molecule has 4 heteroatoms. The molecule has 0 spiro atoms. The SMILES string of the molecule is CC(C)(C)OC(=O)NCCC#Cc1cccnc1. The van der Waals surface area contributed by atoms with E-state index in [1.165, 1.54) is 0 Å². The second-order valence-corrected chi connectivity index (χ2v) is 4.72. The lowest BCUT2D eigenvalue weighted by Gasteiger charge is -2.19. The molecule has 4 nitrogen and oxygen atoms in total. The van der Waals surface area contributed by atoms with Crippen LogP contribution in [-0.2, 0) is 4.74 Å². The summed E-state index contributed by atoms with van der Waals surface area (Å²) in [5, 5.41) is 2.65. The molecule has 0 aliphatic rings. The number of aromatic nitrogens is 1. The van der Waals surface area contributed by atoms with Crippen molar-refractivity contribution in [2.24, 2.45) is 0 Å². The highest BCUT2D eigenvalue weighted by Gasteiger charge is 2.15. The summed E-state index contributed by atoms with van der Waals surface area (Å²) in [4.78, 5) is 15.3. The van der Waals surface area contributed by atoms with Crippen LogP contribution in [0.2, 0.25) is 0 Å². The van der Waals surface area contributed by atoms with Gasteiger partial charge in [0.1, 0.15) is 5.60 Å². The van der Waals surface area contributed by atoms with Gasteiger partial charge in [-0.3, -0.25) is 4.98 Å². The van der Waals surface area contributed by atoms with E-state index in [9.17, 15) is 4.79 Å². The predicted octanol–water partition coefficient (Wildman–Crippen LogP) is 2.35. The summed E-state index contributed by atoms with van der Waals surface area (Å²) in [5.74, 6) is 5.92. The summed E-state index contributed by atoms with van der Waals surface area (Å²) in [6.45, 7) is 5.96. The van der Waals surface area contributed by atoms with Gasteiger partial charge in [-0.15, -0.1) is 0 Å². The van der Waals surface area contributed by atoms with Gasteiger partial charge in [0.15, 0.2) is 0 Å². The quantitative estimate of drug-likeness (QED) is 0.643. The maximum Gasteiger partial charge on any atom is 0.407 e. The van der Waals surface area contributed by atoms with Crippen LogP contribution in [0.15, 0.2) is 24.5 Å². The van der Waals surface area contributed by atoms with Crippen LogP contribution >= 0.6 is 0 Å². The van der Waals surface area contributed by atoms with E-state index in [-0.39, 0.29) is 0 Å². The second-order valence-electron chi connectivity index (χ2n) is 4.72. The maximum atomic E-state index is 11.3. The molecule has 0 atom stereocenters. The molecule has 0 bridgehead atoms. The van der Waals surface area contributed by atoms with E-state index < -0.39 is 11.7 Å². The molecule has 96 valence electrons. The van der Waals surface area contributed by atoms with Crippen molar-refractivity contribution in [3.8, 4) is 11.8 Å². The van der Waals surface area contributed by atoms with E-state index in [0.29, 0.717) is 13.0 Å². The van der Waals surface area contributed by atoms with Crippen molar-refractivity contribution in [2.75, 3.05) is 6.54 Å². The van der Waals surface area contributed by atoms with Gasteiger partial charge in [0, 0.05) is 30.9 Å². The minimum atomic E-state index is -0.467. The van der Waals surface area contributed by atoms with E-state index >= 15 is 0 Å². The summed E-state index contributed by atoms with van der Waals surface area (Å²) in [6, 6.07) is 3.73. The number of carbonyl (C=O) groups is 1. The molecular formula is C14H18N2O2. The second kappa shape index (κ2) is 6.65. The number of hydrogen-bond donors (Lipinski definition) is 1. The van der Waals surface area contributed by atoms with Gasteiger partial charge in [-0.05, 0) is 32.9 Å². The summed E-state index contributed by atoms with van der Waals surface area (Å²) >= 11 is 0. The van der Waals surface area contributed by atoms with Crippen LogP contribution in [0.25, 0.3) is 0 Å². The molecule has 0 saturated carbocycles. The topological polar surface area (TPSA) is 51.2 Å². The van der Waals surface area contributed by atoms with E-state index in [0.717, 1.165) is 5.56 Å². The first-order valence-corrected chi connectivity index (χ1v) is 5.83. The highest BCUT2D eigenvalue weighted by molar-refractivity contribution is 5.67. The van der Waals surface area contributed by atoms with E-state index in [2.05, 4.69) is 22.1 Å². The normalized spacial score (nSPS) is 10.2. The maximum absolute atomic E-state index is 11.3. The zero-order valence-electron chi connectivity index (χ0n) is 11.0. The average molecular weight is 246 g/mol. The standard InChI is InChI=1S/C14H18N2O2/c1-14(2,3)18-13(17)16-10-5-4-7-12-8-6-9-15-11-12/h6,8-9,11H,5,10H2,1-3H3,(H,16,17). The molecule has 1 aromatic rings. The van der Waals surface area contributed by atoms with Gasteiger partial charge in [-0.1, -0.05) is 11.8 Å². The molecule has 1 aromatic heterocycles. The van der Waals surface area contributed by atoms with Crippen LogP contribution in [0.3, 0.4) is 0 Å². The van der Waals surface area contributed by atoms with Crippen LogP contribution < -0.4 is 5.32 Å². The first-order valence-electron chi connectivity index (χ1n) is 5.83. The fraction of sp³-hybridized carbons (Fsp3) is 0.429. The Morgan fingerprint density at radius 3 is 2.89 bits per heavy atom. The largest absolute Gasteiger partial charge is 0.444 e. The number of nitrogens with zero attached hydrogens (tertiary/aromatic N) is 1. The number of alkyl carbamates (subject to hydrolysis) is 1. The fourth-order valence-corrected chi connectivity index (χ4v) is 1.14. The number of rotatable bonds is 2. The lowest BCUT2D eigenvalue weighted by molar-refractivity contribution is 0.0529. The third kappa shape index (κ3) is 6.54. The predicted molar refractivity (Wildman–Crippen MR) is 70.0 cm³/mol. The average Bonchev–Trinajstić information content (AvgIpc) is 2.27. The molecule has 1 N–H and O–H groups in total. The minimum Gasteiger partial charge on any atom is -0.444 e. The molecule has 1 rings (SSSR count). The molecule has 1 amide bonds. The molecule has 0 saturated heterocycles. The van der Waals surface area contributed by atoms with Crippen molar-refractivity contribution in [1.29, 1.82) is 0 Å². The first-order chi connectivity index (χ1) is 8.47. The molecule has 18 heavy (non-hydrogen) atoms. The summed E-state index contributed by atoms with van der Waals surface area (Å²) in [5.41, 5.74) is 0.403. The van der Waals surface area contributed by atoms with Gasteiger partial charge in [0.25, 0.3) is 0 Å². The molecule has 0 unspecified atom stereocenters. The molecule has 0 aliphatic heterocycles. The highest BCUT2D eigenvalue weighted by atomic mass is 16.6. The lowest BCUT2D eigenvalue weighted by Crippen LogP contribution is -2.32. The van der Waals surface area contributed by atoms with Crippen molar-refractivity contribution in [3.63, 3.8) is 0 Å². The van der Waals surface area contributed by atoms with Crippen LogP contribution in [0.5, 0.6) is 0 Å². The van der Waals surface area contributed by atoms with Crippen molar-refractivity contribution < 1.29 is 9.53 Å². The van der Waals surface area contributed by atoms with Crippen LogP contribution in [0, 0.1) is 11.8 Å². The summed E-state index contributed by atoms with van der Waals surface area (Å²) in [7, 11) is 0. The number of ether oxygens (including phenoxy) is 1. The Balaban J connectivity index is 2.24. The monoisotopic (exact) mass is 246 g/mol. The molecule has 0 aliphatic carbocycles. The molecule has 0 radical (unpaired) electrons. The Morgan fingerprint density at radius 2 is 2.28 bits per heavy atom. The Kier molecular flexibility index (Phi) is 5.19. The zero-order chi connectivity index (χ0) is 13.4. The van der Waals surface area contributed by atoms with Crippen molar-refractivity contribution in [1.82, 2.24) is 10.3 Å². The number of carbonyl (C=O) groups excluding carboxylic acids is 1. The number of amides is 1. The molecule has 0 aromatic carbocycles. The third-order valence-electron chi connectivity index (χ3n) is 1.81. The van der Waals surface area contributed by atoms with Gasteiger partial charge in [-0.2, -0.15) is 0 Å². The Morgan fingerprint density at radius 1 is 1.50 bits per heavy atom. The van der Waals surface area contributed by atoms with Gasteiger partial charge in [0.2, 0.25) is 0 Å². The van der Waals surface area contributed by atoms with E-state index in [1.807, 2.05) is 32.9 Å². The Labute approximate surface area is 108 Å². The lowest BCUT2D eigenvalue weighted by atomic mass is 10.2. The summed E-state index contributed by atoms with van der Waals surface area (Å²) in [6.07, 6.45) is 3.57. The van der Waals surface area contributed by atoms with Crippen LogP contribution in [-0.4, -0.2) is 23.2 Å². The minimum absolute atomic E-state index is 0.411. The van der Waals surface area contributed by atoms with Gasteiger partial charge in [0.05, 0.1) is 0 Å². The van der Waals surface area contributed by atoms with Crippen molar-refractivity contribution in [2.45, 2.75) is 32.8 Å². The van der Waals surface area contributed by atoms with Crippen molar-refractivity contribution in [3.05, 3.63) is 30.1 Å². The third-order valence-corrected chi connectivity index (χ3v) is 1.81. The number of pyridine rings is 1. The molecule has 0 fully saturated rings. The zero-order valence-corrected chi connectivity index (χ0v) is 11.0. The summed E-state index contributed by atoms with van der Waals surface area (Å²) < 4.78 is 5.09. The first kappa shape index (κ1) is 14.0. The van der Waals surface area contributed by atoms with Gasteiger partial charge < -0.3 is 10.1 Å². The van der Waals surface area contributed by atoms with Crippen LogP contribution in [0.1, 0.15) is 32.8 Å². The van der Waals surface area contributed by atoms with Gasteiger partial charge >= 0.3 is 6.09 Å². The molecule has 1 heterocycles. The van der Waals surface area contributed by atoms with Gasteiger partial charge in [-0.25, -0.2) is 4.79 Å². The molecular weight excluding hydrogens is 228 g/mol. The smallest absolute Gasteiger partial charge is 0.407 e. The van der Waals surface area contributed by atoms with E-state index in [1.54, 1.807) is 12.4 Å². The Bertz CT molecular complexity index is 438. The number of nitrogens with one attached hydrogen (secondary N) is 1. The Hall–Kier alpha value is -2.02. The number of hydrogen-bond acceptors (Lipinski definition) is 3. The highest BCUT2D eigenvalue weighted by Crippen LogP contribution is 2.06.